The molecule has 0 spiro atoms. The minimum Gasteiger partial charge on any atom is -0.409 e. The summed E-state index contributed by atoms with van der Waals surface area (Å²) < 4.78 is 5.72. The van der Waals surface area contributed by atoms with Crippen molar-refractivity contribution in [2.75, 3.05) is 6.61 Å². The van der Waals surface area contributed by atoms with Crippen LogP contribution in [-0.2, 0) is 11.3 Å². The molecule has 0 aromatic heterocycles. The summed E-state index contributed by atoms with van der Waals surface area (Å²) >= 11 is 0. The summed E-state index contributed by atoms with van der Waals surface area (Å²) in [6, 6.07) is 7.57. The highest BCUT2D eigenvalue weighted by Gasteiger charge is 2.14. The van der Waals surface area contributed by atoms with E-state index in [0.717, 1.165) is 23.7 Å². The van der Waals surface area contributed by atoms with E-state index in [2.05, 4.69) is 5.16 Å². The van der Waals surface area contributed by atoms with E-state index in [-0.39, 0.29) is 5.84 Å². The van der Waals surface area contributed by atoms with E-state index in [1.54, 1.807) is 0 Å². The average Bonchev–Trinajstić information content (AvgIpc) is 2.92. The van der Waals surface area contributed by atoms with Crippen molar-refractivity contribution in [3.8, 4) is 0 Å². The fraction of sp³-hybridized carbons (Fsp3) is 0.500. The van der Waals surface area contributed by atoms with Gasteiger partial charge in [-0.25, -0.2) is 0 Å². The SMILES string of the molecule is NC(=NO)c1ccc(COCC2CCCC2)cc1. The number of hydrogen-bond acceptors (Lipinski definition) is 3. The number of nitrogens with zero attached hydrogens (tertiary/aromatic N) is 1. The standard InChI is InChI=1S/C14H20N2O2/c15-14(16-17)13-7-5-12(6-8-13)10-18-9-11-3-1-2-4-11/h5-8,11,17H,1-4,9-10H2,(H2,15,16). The second kappa shape index (κ2) is 6.40. The third kappa shape index (κ3) is 3.47. The first-order valence-corrected chi connectivity index (χ1v) is 6.44. The molecule has 0 saturated heterocycles. The van der Waals surface area contributed by atoms with Gasteiger partial charge in [0.1, 0.15) is 0 Å². The molecule has 0 amide bonds. The van der Waals surface area contributed by atoms with Gasteiger partial charge >= 0.3 is 0 Å². The van der Waals surface area contributed by atoms with Crippen molar-refractivity contribution in [1.29, 1.82) is 0 Å². The third-order valence-electron chi connectivity index (χ3n) is 3.45. The molecule has 1 aromatic rings. The summed E-state index contributed by atoms with van der Waals surface area (Å²) in [5, 5.41) is 11.5. The van der Waals surface area contributed by atoms with Crippen molar-refractivity contribution in [2.24, 2.45) is 16.8 Å². The molecule has 0 heterocycles. The predicted molar refractivity (Wildman–Crippen MR) is 70.6 cm³/mol. The van der Waals surface area contributed by atoms with Gasteiger partial charge in [0.05, 0.1) is 6.61 Å². The van der Waals surface area contributed by atoms with Gasteiger partial charge in [-0.1, -0.05) is 42.3 Å². The maximum Gasteiger partial charge on any atom is 0.170 e. The molecule has 0 unspecified atom stereocenters. The third-order valence-corrected chi connectivity index (χ3v) is 3.45. The van der Waals surface area contributed by atoms with Crippen LogP contribution < -0.4 is 5.73 Å². The lowest BCUT2D eigenvalue weighted by Gasteiger charge is -2.10. The van der Waals surface area contributed by atoms with Gasteiger partial charge in [-0.15, -0.1) is 0 Å². The summed E-state index contributed by atoms with van der Waals surface area (Å²) in [6.45, 7) is 1.49. The molecule has 1 saturated carbocycles. The number of amidine groups is 1. The largest absolute Gasteiger partial charge is 0.409 e. The van der Waals surface area contributed by atoms with Crippen LogP contribution in [0.15, 0.2) is 29.4 Å². The number of nitrogens with two attached hydrogens (primary N) is 1. The first kappa shape index (κ1) is 12.9. The number of benzene rings is 1. The molecule has 0 aliphatic heterocycles. The molecule has 18 heavy (non-hydrogen) atoms. The smallest absolute Gasteiger partial charge is 0.170 e. The average molecular weight is 248 g/mol. The normalized spacial score (nSPS) is 17.2. The van der Waals surface area contributed by atoms with Crippen LogP contribution in [0.3, 0.4) is 0 Å². The molecule has 1 aromatic carbocycles. The highest BCUT2D eigenvalue weighted by molar-refractivity contribution is 5.96. The van der Waals surface area contributed by atoms with Crippen LogP contribution in [0.1, 0.15) is 36.8 Å². The fourth-order valence-electron chi connectivity index (χ4n) is 2.35. The Morgan fingerprint density at radius 3 is 2.56 bits per heavy atom. The Bertz CT molecular complexity index is 395. The molecule has 1 aliphatic rings. The molecule has 0 radical (unpaired) electrons. The van der Waals surface area contributed by atoms with Crippen LogP contribution in [0.5, 0.6) is 0 Å². The first-order chi connectivity index (χ1) is 8.79. The molecule has 98 valence electrons. The van der Waals surface area contributed by atoms with Crippen LogP contribution in [0, 0.1) is 5.92 Å². The Hall–Kier alpha value is -1.55. The van der Waals surface area contributed by atoms with Crippen molar-refractivity contribution >= 4 is 5.84 Å². The van der Waals surface area contributed by atoms with Crippen molar-refractivity contribution < 1.29 is 9.94 Å². The number of oxime groups is 1. The number of rotatable bonds is 5. The van der Waals surface area contributed by atoms with Gasteiger partial charge in [0.25, 0.3) is 0 Å². The lowest BCUT2D eigenvalue weighted by Crippen LogP contribution is -2.12. The second-order valence-corrected chi connectivity index (χ2v) is 4.85. The molecule has 4 heteroatoms. The van der Waals surface area contributed by atoms with Crippen LogP contribution in [0.4, 0.5) is 0 Å². The molecule has 2 rings (SSSR count). The van der Waals surface area contributed by atoms with Gasteiger partial charge in [-0.2, -0.15) is 0 Å². The predicted octanol–water partition coefficient (Wildman–Crippen LogP) is 2.49. The molecular weight excluding hydrogens is 228 g/mol. The number of hydrogen-bond donors (Lipinski definition) is 2. The van der Waals surface area contributed by atoms with E-state index in [4.69, 9.17) is 15.7 Å². The molecule has 1 fully saturated rings. The van der Waals surface area contributed by atoms with Gasteiger partial charge in [-0.05, 0) is 24.3 Å². The lowest BCUT2D eigenvalue weighted by molar-refractivity contribution is 0.0889. The second-order valence-electron chi connectivity index (χ2n) is 4.85. The number of ether oxygens (including phenoxy) is 1. The minimum atomic E-state index is 0.133. The van der Waals surface area contributed by atoms with E-state index in [1.165, 1.54) is 25.7 Å². The Kier molecular flexibility index (Phi) is 4.59. The summed E-state index contributed by atoms with van der Waals surface area (Å²) in [5.41, 5.74) is 7.33. The fourth-order valence-corrected chi connectivity index (χ4v) is 2.35. The van der Waals surface area contributed by atoms with Gasteiger partial charge in [0.15, 0.2) is 5.84 Å². The zero-order valence-corrected chi connectivity index (χ0v) is 10.5. The topological polar surface area (TPSA) is 67.8 Å². The minimum absolute atomic E-state index is 0.133. The maximum atomic E-state index is 8.56. The quantitative estimate of drug-likeness (QED) is 0.364. The highest BCUT2D eigenvalue weighted by atomic mass is 16.5. The summed E-state index contributed by atoms with van der Waals surface area (Å²) in [4.78, 5) is 0. The zero-order valence-electron chi connectivity index (χ0n) is 10.5. The van der Waals surface area contributed by atoms with E-state index in [9.17, 15) is 0 Å². The van der Waals surface area contributed by atoms with Crippen molar-refractivity contribution in [1.82, 2.24) is 0 Å². The van der Waals surface area contributed by atoms with Crippen molar-refractivity contribution in [2.45, 2.75) is 32.3 Å². The zero-order chi connectivity index (χ0) is 12.8. The molecule has 0 atom stereocenters. The molecule has 3 N–H and O–H groups in total. The summed E-state index contributed by atoms with van der Waals surface area (Å²) in [6.07, 6.45) is 5.32. The van der Waals surface area contributed by atoms with Gasteiger partial charge < -0.3 is 15.7 Å². The molecule has 1 aliphatic carbocycles. The Morgan fingerprint density at radius 1 is 1.28 bits per heavy atom. The van der Waals surface area contributed by atoms with Crippen LogP contribution in [-0.4, -0.2) is 17.6 Å². The summed E-state index contributed by atoms with van der Waals surface area (Å²) in [5.74, 6) is 0.884. The van der Waals surface area contributed by atoms with Gasteiger partial charge in [0.2, 0.25) is 0 Å². The van der Waals surface area contributed by atoms with E-state index < -0.39 is 0 Å². The van der Waals surface area contributed by atoms with Gasteiger partial charge in [0, 0.05) is 12.2 Å². The van der Waals surface area contributed by atoms with E-state index in [0.29, 0.717) is 6.61 Å². The van der Waals surface area contributed by atoms with Crippen LogP contribution in [0.25, 0.3) is 0 Å². The lowest BCUT2D eigenvalue weighted by atomic mass is 10.1. The van der Waals surface area contributed by atoms with Crippen molar-refractivity contribution in [3.05, 3.63) is 35.4 Å². The van der Waals surface area contributed by atoms with Crippen molar-refractivity contribution in [3.63, 3.8) is 0 Å². The van der Waals surface area contributed by atoms with Crippen LogP contribution in [0.2, 0.25) is 0 Å². The monoisotopic (exact) mass is 248 g/mol. The Labute approximate surface area is 107 Å². The molecule has 0 bridgehead atoms. The Morgan fingerprint density at radius 2 is 1.94 bits per heavy atom. The highest BCUT2D eigenvalue weighted by Crippen LogP contribution is 2.24. The summed E-state index contributed by atoms with van der Waals surface area (Å²) in [7, 11) is 0. The van der Waals surface area contributed by atoms with E-state index >= 15 is 0 Å². The maximum absolute atomic E-state index is 8.56. The van der Waals surface area contributed by atoms with E-state index in [1.807, 2.05) is 24.3 Å². The Balaban J connectivity index is 1.79. The molecule has 4 nitrogen and oxygen atoms in total. The van der Waals surface area contributed by atoms with Gasteiger partial charge in [-0.3, -0.25) is 0 Å². The first-order valence-electron chi connectivity index (χ1n) is 6.44. The van der Waals surface area contributed by atoms with Crippen LogP contribution >= 0.6 is 0 Å². The molecular formula is C14H20N2O2.